The lowest BCUT2D eigenvalue weighted by Crippen LogP contribution is -2.30. The predicted molar refractivity (Wildman–Crippen MR) is 144 cm³/mol. The van der Waals surface area contributed by atoms with Crippen molar-refractivity contribution < 1.29 is 23.9 Å². The number of carbonyl (C=O) groups excluding carboxylic acids is 3. The summed E-state index contributed by atoms with van der Waals surface area (Å²) >= 11 is 5.87. The number of aryl methyl sites for hydroxylation is 1. The average molecular weight is 520 g/mol. The van der Waals surface area contributed by atoms with Crippen LogP contribution in [-0.2, 0) is 14.3 Å². The molecular weight excluding hydrogens is 490 g/mol. The van der Waals surface area contributed by atoms with Crippen LogP contribution in [-0.4, -0.2) is 30.3 Å². The molecule has 0 N–H and O–H groups in total. The minimum Gasteiger partial charge on any atom is -0.457 e. The number of Topliss-reactive ketones (excluding diaryl/α,β-unsaturated/α-hetero) is 1. The number of hydrogen-bond acceptors (Lipinski definition) is 5. The van der Waals surface area contributed by atoms with E-state index in [1.807, 2.05) is 25.1 Å². The summed E-state index contributed by atoms with van der Waals surface area (Å²) in [6, 6.07) is 19.8. The molecule has 0 bridgehead atoms. The van der Waals surface area contributed by atoms with E-state index >= 15 is 0 Å². The SMILES string of the molecule is Cc1ccc(C(C)C)c(Oc2ccc(N3C[C@H](C(=O)O[C@H](C)C(=O)c4ccc(Cl)cc4)CC3=O)cc2)c1. The number of rotatable bonds is 8. The monoisotopic (exact) mass is 519 g/mol. The van der Waals surface area contributed by atoms with Crippen molar-refractivity contribution in [1.82, 2.24) is 0 Å². The zero-order chi connectivity index (χ0) is 26.7. The molecule has 0 aliphatic carbocycles. The van der Waals surface area contributed by atoms with Gasteiger partial charge in [0.15, 0.2) is 6.10 Å². The van der Waals surface area contributed by atoms with Crippen LogP contribution < -0.4 is 9.64 Å². The highest BCUT2D eigenvalue weighted by molar-refractivity contribution is 6.30. The number of anilines is 1. The van der Waals surface area contributed by atoms with Gasteiger partial charge in [0, 0.05) is 29.2 Å². The Labute approximate surface area is 222 Å². The smallest absolute Gasteiger partial charge is 0.312 e. The summed E-state index contributed by atoms with van der Waals surface area (Å²) in [6.07, 6.45) is -0.938. The van der Waals surface area contributed by atoms with E-state index in [1.165, 1.54) is 6.92 Å². The Hall–Kier alpha value is -3.64. The fraction of sp³-hybridized carbons (Fsp3) is 0.300. The first-order valence-corrected chi connectivity index (χ1v) is 12.7. The average Bonchev–Trinajstić information content (AvgIpc) is 3.26. The quantitative estimate of drug-likeness (QED) is 0.243. The molecule has 0 aromatic heterocycles. The highest BCUT2D eigenvalue weighted by Gasteiger charge is 2.37. The van der Waals surface area contributed by atoms with E-state index < -0.39 is 18.0 Å². The van der Waals surface area contributed by atoms with Crippen LogP contribution in [0.2, 0.25) is 5.02 Å². The first kappa shape index (κ1) is 26.4. The molecule has 6 nitrogen and oxygen atoms in total. The molecule has 1 aliphatic rings. The molecule has 1 amide bonds. The van der Waals surface area contributed by atoms with Gasteiger partial charge in [0.1, 0.15) is 11.5 Å². The van der Waals surface area contributed by atoms with Gasteiger partial charge in [0.25, 0.3) is 0 Å². The molecule has 1 saturated heterocycles. The maximum atomic E-state index is 12.7. The Morgan fingerprint density at radius 3 is 2.30 bits per heavy atom. The van der Waals surface area contributed by atoms with Crippen molar-refractivity contribution in [3.05, 3.63) is 88.4 Å². The number of nitrogens with zero attached hydrogens (tertiary/aromatic N) is 1. The van der Waals surface area contributed by atoms with E-state index in [0.29, 0.717) is 27.9 Å². The van der Waals surface area contributed by atoms with Crippen LogP contribution in [0.5, 0.6) is 11.5 Å². The summed E-state index contributed by atoms with van der Waals surface area (Å²) in [4.78, 5) is 39.6. The number of esters is 1. The minimum absolute atomic E-state index is 0.0278. The number of carbonyl (C=O) groups is 3. The van der Waals surface area contributed by atoms with Gasteiger partial charge in [-0.3, -0.25) is 14.4 Å². The van der Waals surface area contributed by atoms with Crippen molar-refractivity contribution in [3.8, 4) is 11.5 Å². The van der Waals surface area contributed by atoms with Crippen LogP contribution in [0.15, 0.2) is 66.7 Å². The van der Waals surface area contributed by atoms with Gasteiger partial charge in [-0.2, -0.15) is 0 Å². The van der Waals surface area contributed by atoms with Gasteiger partial charge >= 0.3 is 5.97 Å². The number of amides is 1. The van der Waals surface area contributed by atoms with Crippen LogP contribution in [0.1, 0.15) is 54.6 Å². The Morgan fingerprint density at radius 2 is 1.65 bits per heavy atom. The van der Waals surface area contributed by atoms with Gasteiger partial charge in [-0.25, -0.2) is 0 Å². The minimum atomic E-state index is -0.966. The second kappa shape index (κ2) is 11.2. The lowest BCUT2D eigenvalue weighted by molar-refractivity contribution is -0.151. The van der Waals surface area contributed by atoms with Gasteiger partial charge < -0.3 is 14.4 Å². The fourth-order valence-corrected chi connectivity index (χ4v) is 4.44. The van der Waals surface area contributed by atoms with Gasteiger partial charge in [-0.1, -0.05) is 37.6 Å². The van der Waals surface area contributed by atoms with E-state index in [4.69, 9.17) is 21.1 Å². The van der Waals surface area contributed by atoms with E-state index in [1.54, 1.807) is 41.3 Å². The van der Waals surface area contributed by atoms with Crippen LogP contribution in [0.4, 0.5) is 5.69 Å². The molecule has 1 heterocycles. The Kier molecular flexibility index (Phi) is 7.98. The zero-order valence-corrected chi connectivity index (χ0v) is 22.1. The molecule has 0 saturated carbocycles. The highest BCUT2D eigenvalue weighted by Crippen LogP contribution is 2.33. The molecular formula is C30H30ClNO5. The Balaban J connectivity index is 1.39. The van der Waals surface area contributed by atoms with Crippen LogP contribution >= 0.6 is 11.6 Å². The van der Waals surface area contributed by atoms with Crippen molar-refractivity contribution in [2.45, 2.75) is 46.1 Å². The molecule has 3 aromatic rings. The van der Waals surface area contributed by atoms with Crippen LogP contribution in [0.3, 0.4) is 0 Å². The fourth-order valence-electron chi connectivity index (χ4n) is 4.32. The number of benzene rings is 3. The second-order valence-corrected chi connectivity index (χ2v) is 10.1. The summed E-state index contributed by atoms with van der Waals surface area (Å²) in [7, 11) is 0. The predicted octanol–water partition coefficient (Wildman–Crippen LogP) is 6.73. The Bertz CT molecular complexity index is 1300. The van der Waals surface area contributed by atoms with Crippen molar-refractivity contribution in [2.75, 3.05) is 11.4 Å². The summed E-state index contributed by atoms with van der Waals surface area (Å²) in [6.45, 7) is 7.98. The number of halogens is 1. The molecule has 0 unspecified atom stereocenters. The summed E-state index contributed by atoms with van der Waals surface area (Å²) in [5, 5.41) is 0.515. The van der Waals surface area contributed by atoms with Gasteiger partial charge in [-0.05, 0) is 85.5 Å². The van der Waals surface area contributed by atoms with Crippen molar-refractivity contribution in [1.29, 1.82) is 0 Å². The second-order valence-electron chi connectivity index (χ2n) is 9.65. The van der Waals surface area contributed by atoms with Crippen molar-refractivity contribution in [2.24, 2.45) is 5.92 Å². The van der Waals surface area contributed by atoms with E-state index in [2.05, 4.69) is 26.0 Å². The molecule has 1 fully saturated rings. The van der Waals surface area contributed by atoms with Crippen molar-refractivity contribution in [3.63, 3.8) is 0 Å². The highest BCUT2D eigenvalue weighted by atomic mass is 35.5. The third-order valence-corrected chi connectivity index (χ3v) is 6.67. The molecule has 37 heavy (non-hydrogen) atoms. The van der Waals surface area contributed by atoms with Crippen LogP contribution in [0.25, 0.3) is 0 Å². The molecule has 1 aliphatic heterocycles. The summed E-state index contributed by atoms with van der Waals surface area (Å²) in [5.41, 5.74) is 3.31. The molecule has 0 radical (unpaired) electrons. The molecule has 2 atom stereocenters. The molecule has 7 heteroatoms. The standard InChI is InChI=1S/C30H30ClNO5/c1-18(2)26-14-5-19(3)15-27(26)37-25-12-10-24(11-13-25)32-17-22(16-28(32)33)30(35)36-20(4)29(34)21-6-8-23(31)9-7-21/h5-15,18,20,22H,16-17H2,1-4H3/t20-,22-/m1/s1. The first-order chi connectivity index (χ1) is 17.6. The van der Waals surface area contributed by atoms with E-state index in [9.17, 15) is 14.4 Å². The Morgan fingerprint density at radius 1 is 0.973 bits per heavy atom. The molecule has 0 spiro atoms. The van der Waals surface area contributed by atoms with Gasteiger partial charge in [-0.15, -0.1) is 0 Å². The largest absolute Gasteiger partial charge is 0.457 e. The lowest BCUT2D eigenvalue weighted by Gasteiger charge is -2.19. The third kappa shape index (κ3) is 6.20. The number of ketones is 1. The lowest BCUT2D eigenvalue weighted by atomic mass is 10.0. The first-order valence-electron chi connectivity index (χ1n) is 12.3. The maximum Gasteiger partial charge on any atom is 0.312 e. The third-order valence-electron chi connectivity index (χ3n) is 6.42. The topological polar surface area (TPSA) is 72.9 Å². The summed E-state index contributed by atoms with van der Waals surface area (Å²) in [5.74, 6) is 0.0802. The van der Waals surface area contributed by atoms with Gasteiger partial charge in [0.05, 0.1) is 5.92 Å². The van der Waals surface area contributed by atoms with Crippen molar-refractivity contribution >= 4 is 34.9 Å². The number of hydrogen-bond donors (Lipinski definition) is 0. The maximum absolute atomic E-state index is 12.7. The molecule has 4 rings (SSSR count). The molecule has 3 aromatic carbocycles. The van der Waals surface area contributed by atoms with Crippen LogP contribution in [0, 0.1) is 12.8 Å². The summed E-state index contributed by atoms with van der Waals surface area (Å²) < 4.78 is 11.6. The number of ether oxygens (including phenoxy) is 2. The van der Waals surface area contributed by atoms with E-state index in [-0.39, 0.29) is 24.7 Å². The van der Waals surface area contributed by atoms with E-state index in [0.717, 1.165) is 16.9 Å². The van der Waals surface area contributed by atoms with Gasteiger partial charge in [0.2, 0.25) is 11.7 Å². The molecule has 192 valence electrons. The normalized spacial score (nSPS) is 16.1. The zero-order valence-electron chi connectivity index (χ0n) is 21.4.